The molecule has 6 heteroatoms. The van der Waals surface area contributed by atoms with Gasteiger partial charge in [-0.15, -0.1) is 0 Å². The molecule has 124 valence electrons. The summed E-state index contributed by atoms with van der Waals surface area (Å²) in [5, 5.41) is 0. The van der Waals surface area contributed by atoms with Gasteiger partial charge in [-0.1, -0.05) is 13.3 Å². The third kappa shape index (κ3) is 4.36. The van der Waals surface area contributed by atoms with Crippen molar-refractivity contribution in [3.63, 3.8) is 0 Å². The number of imidazole rings is 1. The lowest BCUT2D eigenvalue weighted by atomic mass is 10.2. The summed E-state index contributed by atoms with van der Waals surface area (Å²) in [7, 11) is 0. The van der Waals surface area contributed by atoms with Crippen LogP contribution in [0.5, 0.6) is 0 Å². The highest BCUT2D eigenvalue weighted by atomic mass is 16.5. The Kier molecular flexibility index (Phi) is 5.35. The summed E-state index contributed by atoms with van der Waals surface area (Å²) in [4.78, 5) is 19.1. The van der Waals surface area contributed by atoms with E-state index in [1.54, 1.807) is 6.20 Å². The summed E-state index contributed by atoms with van der Waals surface area (Å²) >= 11 is 0. The Labute approximate surface area is 137 Å². The molecule has 1 fully saturated rings. The fraction of sp³-hybridized carbons (Fsp3) is 0.588. The predicted octanol–water partition coefficient (Wildman–Crippen LogP) is 2.42. The maximum absolute atomic E-state index is 5.86. The average molecular weight is 315 g/mol. The smallest absolute Gasteiger partial charge is 0.114 e. The van der Waals surface area contributed by atoms with Crippen molar-refractivity contribution in [3.05, 3.63) is 41.5 Å². The lowest BCUT2D eigenvalue weighted by molar-refractivity contribution is -0.0355. The van der Waals surface area contributed by atoms with Crippen LogP contribution in [0.4, 0.5) is 0 Å². The van der Waals surface area contributed by atoms with Gasteiger partial charge in [0.05, 0.1) is 24.2 Å². The van der Waals surface area contributed by atoms with Gasteiger partial charge in [0, 0.05) is 44.1 Å². The number of morpholine rings is 1. The zero-order valence-electron chi connectivity index (χ0n) is 14.0. The van der Waals surface area contributed by atoms with Gasteiger partial charge in [-0.2, -0.15) is 0 Å². The molecule has 1 saturated heterocycles. The molecule has 3 heterocycles. The molecule has 23 heavy (non-hydrogen) atoms. The van der Waals surface area contributed by atoms with Crippen molar-refractivity contribution in [2.24, 2.45) is 0 Å². The minimum absolute atomic E-state index is 0.000617. The molecule has 1 atom stereocenters. The summed E-state index contributed by atoms with van der Waals surface area (Å²) in [5.74, 6) is 1.09. The van der Waals surface area contributed by atoms with Crippen LogP contribution in [0.25, 0.3) is 0 Å². The van der Waals surface area contributed by atoms with Gasteiger partial charge in [-0.05, 0) is 13.3 Å². The molecule has 0 radical (unpaired) electrons. The molecule has 0 bridgehead atoms. The fourth-order valence-corrected chi connectivity index (χ4v) is 2.79. The molecule has 2 aromatic heterocycles. The van der Waals surface area contributed by atoms with E-state index in [2.05, 4.69) is 31.8 Å². The van der Waals surface area contributed by atoms with Gasteiger partial charge in [0.1, 0.15) is 11.9 Å². The molecular formula is C17H25N5O. The highest BCUT2D eigenvalue weighted by molar-refractivity contribution is 5.06. The van der Waals surface area contributed by atoms with E-state index in [-0.39, 0.29) is 6.10 Å². The largest absolute Gasteiger partial charge is 0.369 e. The van der Waals surface area contributed by atoms with Crippen molar-refractivity contribution in [2.45, 2.75) is 45.8 Å². The van der Waals surface area contributed by atoms with E-state index in [1.807, 2.05) is 19.3 Å². The summed E-state index contributed by atoms with van der Waals surface area (Å²) in [6, 6.07) is 0. The number of ether oxygens (including phenoxy) is 1. The van der Waals surface area contributed by atoms with Crippen molar-refractivity contribution in [1.29, 1.82) is 0 Å². The molecule has 3 rings (SSSR count). The first kappa shape index (κ1) is 16.1. The van der Waals surface area contributed by atoms with E-state index in [1.165, 1.54) is 18.5 Å². The van der Waals surface area contributed by atoms with E-state index < -0.39 is 0 Å². The van der Waals surface area contributed by atoms with Crippen LogP contribution in [0.3, 0.4) is 0 Å². The summed E-state index contributed by atoms with van der Waals surface area (Å²) in [5.41, 5.74) is 3.01. The first-order valence-corrected chi connectivity index (χ1v) is 8.40. The molecule has 2 aromatic rings. The van der Waals surface area contributed by atoms with Crippen molar-refractivity contribution in [3.8, 4) is 0 Å². The monoisotopic (exact) mass is 315 g/mol. The highest BCUT2D eigenvalue weighted by Crippen LogP contribution is 2.21. The number of rotatable bonds is 6. The average Bonchev–Trinajstić information content (AvgIpc) is 3.01. The number of hydrogen-bond acceptors (Lipinski definition) is 5. The van der Waals surface area contributed by atoms with Gasteiger partial charge < -0.3 is 9.72 Å². The van der Waals surface area contributed by atoms with Gasteiger partial charge in [0.25, 0.3) is 0 Å². The summed E-state index contributed by atoms with van der Waals surface area (Å²) in [6.45, 7) is 7.50. The molecule has 0 aliphatic carbocycles. The molecule has 0 aromatic carbocycles. The van der Waals surface area contributed by atoms with Crippen LogP contribution in [0, 0.1) is 6.92 Å². The number of aryl methyl sites for hydroxylation is 2. The molecule has 1 aliphatic heterocycles. The van der Waals surface area contributed by atoms with Gasteiger partial charge in [-0.25, -0.2) is 4.98 Å². The second-order valence-electron chi connectivity index (χ2n) is 6.14. The Morgan fingerprint density at radius 2 is 2.17 bits per heavy atom. The first-order valence-electron chi connectivity index (χ1n) is 8.40. The Hall–Kier alpha value is -1.79. The van der Waals surface area contributed by atoms with Crippen LogP contribution < -0.4 is 0 Å². The number of aromatic nitrogens is 4. The predicted molar refractivity (Wildman–Crippen MR) is 87.9 cm³/mol. The minimum Gasteiger partial charge on any atom is -0.369 e. The normalized spacial score (nSPS) is 19.1. The molecule has 0 saturated carbocycles. The van der Waals surface area contributed by atoms with Crippen molar-refractivity contribution < 1.29 is 4.74 Å². The maximum Gasteiger partial charge on any atom is 0.114 e. The number of hydrogen-bond donors (Lipinski definition) is 1. The van der Waals surface area contributed by atoms with Crippen LogP contribution in [0.1, 0.15) is 48.8 Å². The molecule has 6 nitrogen and oxygen atoms in total. The Morgan fingerprint density at radius 1 is 1.26 bits per heavy atom. The number of H-pyrrole nitrogens is 1. The number of nitrogens with zero attached hydrogens (tertiary/aromatic N) is 4. The first-order chi connectivity index (χ1) is 11.2. The van der Waals surface area contributed by atoms with Gasteiger partial charge in [0.15, 0.2) is 0 Å². The van der Waals surface area contributed by atoms with Gasteiger partial charge in [-0.3, -0.25) is 14.9 Å². The SMILES string of the molecule is CCCCc1ncc(CN2CCOC(c3cnc(C)cn3)C2)[nH]1. The maximum atomic E-state index is 5.86. The van der Waals surface area contributed by atoms with E-state index in [0.29, 0.717) is 0 Å². The second kappa shape index (κ2) is 7.66. The number of unbranched alkanes of at least 4 members (excludes halogenated alkanes) is 1. The van der Waals surface area contributed by atoms with E-state index >= 15 is 0 Å². The van der Waals surface area contributed by atoms with Crippen molar-refractivity contribution in [2.75, 3.05) is 19.7 Å². The van der Waals surface area contributed by atoms with Gasteiger partial charge in [0.2, 0.25) is 0 Å². The van der Waals surface area contributed by atoms with Crippen LogP contribution in [0.15, 0.2) is 18.6 Å². The van der Waals surface area contributed by atoms with Crippen LogP contribution in [-0.4, -0.2) is 44.5 Å². The van der Waals surface area contributed by atoms with Crippen molar-refractivity contribution >= 4 is 0 Å². The van der Waals surface area contributed by atoms with E-state index in [4.69, 9.17) is 4.74 Å². The highest BCUT2D eigenvalue weighted by Gasteiger charge is 2.23. The molecule has 0 spiro atoms. The lowest BCUT2D eigenvalue weighted by Crippen LogP contribution is -2.38. The lowest BCUT2D eigenvalue weighted by Gasteiger charge is -2.32. The Balaban J connectivity index is 1.58. The fourth-order valence-electron chi connectivity index (χ4n) is 2.79. The standard InChI is InChI=1S/C17H25N5O/c1-3-4-5-17-20-9-14(21-17)11-22-6-7-23-16(12-22)15-10-18-13(2)8-19-15/h8-10,16H,3-7,11-12H2,1-2H3,(H,20,21). The van der Waals surface area contributed by atoms with E-state index in [9.17, 15) is 0 Å². The van der Waals surface area contributed by atoms with Crippen molar-refractivity contribution in [1.82, 2.24) is 24.8 Å². The minimum atomic E-state index is -0.000617. The summed E-state index contributed by atoms with van der Waals surface area (Å²) < 4.78 is 5.86. The zero-order valence-corrected chi connectivity index (χ0v) is 14.0. The van der Waals surface area contributed by atoms with Gasteiger partial charge >= 0.3 is 0 Å². The molecule has 1 aliphatic rings. The quantitative estimate of drug-likeness (QED) is 0.887. The molecular weight excluding hydrogens is 290 g/mol. The Bertz CT molecular complexity index is 610. The zero-order chi connectivity index (χ0) is 16.1. The van der Waals surface area contributed by atoms with E-state index in [0.717, 1.165) is 49.9 Å². The number of aromatic amines is 1. The topological polar surface area (TPSA) is 66.9 Å². The Morgan fingerprint density at radius 3 is 2.96 bits per heavy atom. The third-order valence-electron chi connectivity index (χ3n) is 4.12. The molecule has 0 amide bonds. The second-order valence-corrected chi connectivity index (χ2v) is 6.14. The van der Waals surface area contributed by atoms with Crippen LogP contribution in [-0.2, 0) is 17.7 Å². The number of nitrogens with one attached hydrogen (secondary N) is 1. The third-order valence-corrected chi connectivity index (χ3v) is 4.12. The summed E-state index contributed by atoms with van der Waals surface area (Å²) in [6.07, 6.45) is 8.98. The van der Waals surface area contributed by atoms with Crippen LogP contribution in [0.2, 0.25) is 0 Å². The van der Waals surface area contributed by atoms with Crippen LogP contribution >= 0.6 is 0 Å². The molecule has 1 N–H and O–H groups in total. The molecule has 1 unspecified atom stereocenters.